The second-order valence-corrected chi connectivity index (χ2v) is 4.69. The van der Waals surface area contributed by atoms with E-state index in [0.717, 1.165) is 13.0 Å². The summed E-state index contributed by atoms with van der Waals surface area (Å²) in [5, 5.41) is 7.52. The van der Waals surface area contributed by atoms with Crippen molar-refractivity contribution < 1.29 is 13.2 Å². The molecule has 0 bridgehead atoms. The lowest BCUT2D eigenvalue weighted by molar-refractivity contribution is -0.124. The Labute approximate surface area is 103 Å². The smallest absolute Gasteiger partial charge is 0.311 e. The van der Waals surface area contributed by atoms with Gasteiger partial charge in [-0.2, -0.15) is 13.2 Å². The summed E-state index contributed by atoms with van der Waals surface area (Å²) in [5.74, 6) is 0. The van der Waals surface area contributed by atoms with Crippen LogP contribution in [0.4, 0.5) is 13.2 Å². The number of alkyl halides is 3. The first-order valence-electron chi connectivity index (χ1n) is 5.56. The number of hydrogen-bond donors (Lipinski definition) is 2. The predicted molar refractivity (Wildman–Crippen MR) is 64.3 cm³/mol. The minimum atomic E-state index is -4.12. The van der Waals surface area contributed by atoms with Crippen LogP contribution in [0.15, 0.2) is 11.4 Å². The molecule has 0 unspecified atom stereocenters. The minimum absolute atomic E-state index is 0.326. The molecule has 0 saturated carbocycles. The molecule has 1 heterocycles. The van der Waals surface area contributed by atoms with Crippen LogP contribution in [-0.2, 0) is 13.0 Å². The Morgan fingerprint density at radius 1 is 1.24 bits per heavy atom. The lowest BCUT2D eigenvalue weighted by Crippen LogP contribution is -2.34. The van der Waals surface area contributed by atoms with Crippen LogP contribution in [0.3, 0.4) is 0 Å². The van der Waals surface area contributed by atoms with Crippen LogP contribution in [0, 0.1) is 0 Å². The SMILES string of the molecule is CCc1ccsc1CNCCNCC(F)(F)F. The van der Waals surface area contributed by atoms with E-state index in [0.29, 0.717) is 13.1 Å². The fourth-order valence-corrected chi connectivity index (χ4v) is 2.39. The third-order valence-corrected chi connectivity index (χ3v) is 3.27. The van der Waals surface area contributed by atoms with E-state index in [1.54, 1.807) is 11.3 Å². The van der Waals surface area contributed by atoms with Gasteiger partial charge in [-0.05, 0) is 23.4 Å². The summed E-state index contributed by atoms with van der Waals surface area (Å²) >= 11 is 1.68. The molecule has 0 aliphatic carbocycles. The van der Waals surface area contributed by atoms with Crippen molar-refractivity contribution in [2.45, 2.75) is 26.1 Å². The Kier molecular flexibility index (Phi) is 5.94. The van der Waals surface area contributed by atoms with Crippen molar-refractivity contribution in [2.75, 3.05) is 19.6 Å². The Morgan fingerprint density at radius 2 is 1.94 bits per heavy atom. The van der Waals surface area contributed by atoms with E-state index in [2.05, 4.69) is 23.6 Å². The van der Waals surface area contributed by atoms with Gasteiger partial charge < -0.3 is 10.6 Å². The maximum Gasteiger partial charge on any atom is 0.401 e. The summed E-state index contributed by atoms with van der Waals surface area (Å²) in [6.07, 6.45) is -3.13. The van der Waals surface area contributed by atoms with Gasteiger partial charge in [0.05, 0.1) is 6.54 Å². The second-order valence-electron chi connectivity index (χ2n) is 3.69. The van der Waals surface area contributed by atoms with Crippen molar-refractivity contribution in [3.05, 3.63) is 21.9 Å². The number of halogens is 3. The molecule has 0 amide bonds. The molecular weight excluding hydrogens is 249 g/mol. The van der Waals surface area contributed by atoms with E-state index in [-0.39, 0.29) is 0 Å². The van der Waals surface area contributed by atoms with Gasteiger partial charge in [-0.15, -0.1) is 11.3 Å². The first-order valence-corrected chi connectivity index (χ1v) is 6.44. The van der Waals surface area contributed by atoms with Crippen molar-refractivity contribution in [1.82, 2.24) is 10.6 Å². The number of aryl methyl sites for hydroxylation is 1. The van der Waals surface area contributed by atoms with Crippen LogP contribution in [-0.4, -0.2) is 25.8 Å². The monoisotopic (exact) mass is 266 g/mol. The van der Waals surface area contributed by atoms with E-state index in [1.807, 2.05) is 5.38 Å². The Morgan fingerprint density at radius 3 is 2.59 bits per heavy atom. The molecule has 0 fully saturated rings. The van der Waals surface area contributed by atoms with Gasteiger partial charge in [0, 0.05) is 24.5 Å². The van der Waals surface area contributed by atoms with Crippen LogP contribution >= 0.6 is 11.3 Å². The molecule has 0 saturated heterocycles. The highest BCUT2D eigenvalue weighted by Crippen LogP contribution is 2.16. The van der Waals surface area contributed by atoms with Crippen molar-refractivity contribution in [1.29, 1.82) is 0 Å². The second kappa shape index (κ2) is 6.98. The summed E-state index contributed by atoms with van der Waals surface area (Å²) in [6, 6.07) is 2.09. The Hall–Kier alpha value is -0.590. The van der Waals surface area contributed by atoms with E-state index < -0.39 is 12.7 Å². The molecule has 1 aromatic heterocycles. The number of rotatable bonds is 7. The zero-order chi connectivity index (χ0) is 12.7. The lowest BCUT2D eigenvalue weighted by Gasteiger charge is -2.09. The quantitative estimate of drug-likeness (QED) is 0.741. The van der Waals surface area contributed by atoms with E-state index >= 15 is 0 Å². The first-order chi connectivity index (χ1) is 8.03. The molecular formula is C11H17F3N2S. The maximum absolute atomic E-state index is 11.8. The van der Waals surface area contributed by atoms with Crippen molar-refractivity contribution in [3.63, 3.8) is 0 Å². The molecule has 0 atom stereocenters. The van der Waals surface area contributed by atoms with Crippen molar-refractivity contribution in [2.24, 2.45) is 0 Å². The molecule has 0 radical (unpaired) electrons. The van der Waals surface area contributed by atoms with E-state index in [1.165, 1.54) is 10.4 Å². The summed E-state index contributed by atoms with van der Waals surface area (Å²) in [7, 11) is 0. The van der Waals surface area contributed by atoms with Gasteiger partial charge in [0.2, 0.25) is 0 Å². The molecule has 0 aromatic carbocycles. The molecule has 1 aromatic rings. The molecule has 17 heavy (non-hydrogen) atoms. The van der Waals surface area contributed by atoms with Gasteiger partial charge in [-0.1, -0.05) is 6.92 Å². The van der Waals surface area contributed by atoms with Crippen LogP contribution in [0.2, 0.25) is 0 Å². The molecule has 0 aliphatic heterocycles. The van der Waals surface area contributed by atoms with E-state index in [4.69, 9.17) is 0 Å². The fourth-order valence-electron chi connectivity index (χ4n) is 1.45. The van der Waals surface area contributed by atoms with Crippen molar-refractivity contribution >= 4 is 11.3 Å². The maximum atomic E-state index is 11.8. The molecule has 0 spiro atoms. The molecule has 0 aliphatic rings. The largest absolute Gasteiger partial charge is 0.401 e. The van der Waals surface area contributed by atoms with Gasteiger partial charge >= 0.3 is 6.18 Å². The predicted octanol–water partition coefficient (Wildman–Crippen LogP) is 2.55. The fraction of sp³-hybridized carbons (Fsp3) is 0.636. The summed E-state index contributed by atoms with van der Waals surface area (Å²) in [6.45, 7) is 2.77. The molecule has 2 nitrogen and oxygen atoms in total. The highest BCUT2D eigenvalue weighted by atomic mass is 32.1. The average molecular weight is 266 g/mol. The van der Waals surface area contributed by atoms with E-state index in [9.17, 15) is 13.2 Å². The standard InChI is InChI=1S/C11H17F3N2S/c1-2-9-3-6-17-10(9)7-15-4-5-16-8-11(12,13)14/h3,6,15-16H,2,4-5,7-8H2,1H3. The minimum Gasteiger partial charge on any atom is -0.311 e. The van der Waals surface area contributed by atoms with Gasteiger partial charge in [0.1, 0.15) is 0 Å². The van der Waals surface area contributed by atoms with Crippen LogP contribution in [0.5, 0.6) is 0 Å². The van der Waals surface area contributed by atoms with Crippen LogP contribution in [0.1, 0.15) is 17.4 Å². The Balaban J connectivity index is 2.09. The van der Waals surface area contributed by atoms with Crippen molar-refractivity contribution in [3.8, 4) is 0 Å². The summed E-state index contributed by atoms with van der Waals surface area (Å²) in [5.41, 5.74) is 1.31. The lowest BCUT2D eigenvalue weighted by atomic mass is 10.2. The first kappa shape index (κ1) is 14.5. The molecule has 98 valence electrons. The third-order valence-electron chi connectivity index (χ3n) is 2.31. The number of hydrogen-bond acceptors (Lipinski definition) is 3. The molecule has 2 N–H and O–H groups in total. The zero-order valence-corrected chi connectivity index (χ0v) is 10.5. The van der Waals surface area contributed by atoms with Crippen LogP contribution < -0.4 is 10.6 Å². The number of nitrogens with one attached hydrogen (secondary N) is 2. The molecule has 6 heteroatoms. The topological polar surface area (TPSA) is 24.1 Å². The van der Waals surface area contributed by atoms with Gasteiger partial charge in [-0.25, -0.2) is 0 Å². The Bertz CT molecular complexity index is 323. The van der Waals surface area contributed by atoms with Gasteiger partial charge in [-0.3, -0.25) is 0 Å². The summed E-state index contributed by atoms with van der Waals surface area (Å²) < 4.78 is 35.4. The molecule has 1 rings (SSSR count). The zero-order valence-electron chi connectivity index (χ0n) is 9.73. The number of thiophene rings is 1. The highest BCUT2D eigenvalue weighted by molar-refractivity contribution is 7.10. The van der Waals surface area contributed by atoms with Crippen LogP contribution in [0.25, 0.3) is 0 Å². The third kappa shape index (κ3) is 6.05. The highest BCUT2D eigenvalue weighted by Gasteiger charge is 2.25. The normalized spacial score (nSPS) is 12.0. The van der Waals surface area contributed by atoms with Gasteiger partial charge in [0.15, 0.2) is 0 Å². The van der Waals surface area contributed by atoms with Gasteiger partial charge in [0.25, 0.3) is 0 Å². The average Bonchev–Trinajstić information content (AvgIpc) is 2.69. The summed E-state index contributed by atoms with van der Waals surface area (Å²) in [4.78, 5) is 1.27.